The number of halogens is 2. The van der Waals surface area contributed by atoms with E-state index >= 15 is 0 Å². The molecule has 1 amide bonds. The molecule has 2 aromatic rings. The molecule has 0 atom stereocenters. The maximum absolute atomic E-state index is 12.7. The molecule has 1 saturated carbocycles. The lowest BCUT2D eigenvalue weighted by Crippen LogP contribution is -2.40. The Labute approximate surface area is 163 Å². The average Bonchev–Trinajstić information content (AvgIpc) is 2.85. The lowest BCUT2D eigenvalue weighted by Gasteiger charge is -2.26. The van der Waals surface area contributed by atoms with E-state index in [0.29, 0.717) is 6.04 Å². The Kier molecular flexibility index (Phi) is 6.72. The number of nitrogens with one attached hydrogen (secondary N) is 1. The summed E-state index contributed by atoms with van der Waals surface area (Å²) in [6, 6.07) is 10.6. The molecule has 3 N–H and O–H groups in total. The van der Waals surface area contributed by atoms with Gasteiger partial charge in [-0.15, -0.1) is 12.4 Å². The van der Waals surface area contributed by atoms with Crippen molar-refractivity contribution in [3.05, 3.63) is 51.8 Å². The van der Waals surface area contributed by atoms with Crippen molar-refractivity contribution in [2.75, 3.05) is 0 Å². The monoisotopic (exact) mass is 425 g/mol. The minimum absolute atomic E-state index is 0. The highest BCUT2D eigenvalue weighted by atomic mass is 79.9. The Morgan fingerprint density at radius 2 is 1.76 bits per heavy atom. The van der Waals surface area contributed by atoms with Gasteiger partial charge in [-0.05, 0) is 69.9 Å². The molecule has 4 nitrogen and oxygen atoms in total. The van der Waals surface area contributed by atoms with Gasteiger partial charge in [0, 0.05) is 33.6 Å². The lowest BCUT2D eigenvalue weighted by atomic mass is 9.91. The second-order valence-corrected chi connectivity index (χ2v) is 7.60. The molecule has 0 saturated heterocycles. The summed E-state index contributed by atoms with van der Waals surface area (Å²) in [5, 5.41) is 3.18. The number of aryl methyl sites for hydroxylation is 1. The number of amides is 1. The molecule has 3 rings (SSSR count). The molecule has 0 bridgehead atoms. The van der Waals surface area contributed by atoms with Crippen molar-refractivity contribution in [1.82, 2.24) is 9.88 Å². The van der Waals surface area contributed by atoms with Crippen LogP contribution in [0.4, 0.5) is 0 Å². The summed E-state index contributed by atoms with van der Waals surface area (Å²) in [4.78, 5) is 12.7. The highest BCUT2D eigenvalue weighted by Crippen LogP contribution is 2.23. The summed E-state index contributed by atoms with van der Waals surface area (Å²) >= 11 is 3.46. The topological polar surface area (TPSA) is 60.1 Å². The molecule has 0 radical (unpaired) electrons. The van der Waals surface area contributed by atoms with E-state index < -0.39 is 0 Å². The summed E-state index contributed by atoms with van der Waals surface area (Å²) < 4.78 is 3.17. The van der Waals surface area contributed by atoms with Crippen LogP contribution in [-0.4, -0.2) is 22.6 Å². The van der Waals surface area contributed by atoms with Crippen LogP contribution in [-0.2, 0) is 0 Å². The van der Waals surface area contributed by atoms with Crippen LogP contribution in [0, 0.1) is 13.8 Å². The number of aromatic nitrogens is 1. The Morgan fingerprint density at radius 3 is 2.36 bits per heavy atom. The predicted octanol–water partition coefficient (Wildman–Crippen LogP) is 4.28. The average molecular weight is 427 g/mol. The van der Waals surface area contributed by atoms with E-state index in [1.807, 2.05) is 44.2 Å². The molecule has 1 aliphatic rings. The molecule has 0 unspecified atom stereocenters. The van der Waals surface area contributed by atoms with Crippen LogP contribution in [0.15, 0.2) is 34.8 Å². The minimum atomic E-state index is 0. The predicted molar refractivity (Wildman–Crippen MR) is 108 cm³/mol. The zero-order chi connectivity index (χ0) is 17.3. The van der Waals surface area contributed by atoms with Gasteiger partial charge in [0.1, 0.15) is 0 Å². The van der Waals surface area contributed by atoms with Gasteiger partial charge in [-0.3, -0.25) is 4.79 Å². The largest absolute Gasteiger partial charge is 0.349 e. The van der Waals surface area contributed by atoms with Gasteiger partial charge in [-0.2, -0.15) is 0 Å². The first kappa shape index (κ1) is 20.0. The highest BCUT2D eigenvalue weighted by Gasteiger charge is 2.23. The third-order valence-electron chi connectivity index (χ3n) is 4.87. The fraction of sp³-hybridized carbons (Fsp3) is 0.421. The number of carbonyl (C=O) groups excluding carboxylic acids is 1. The van der Waals surface area contributed by atoms with Gasteiger partial charge in [0.05, 0.1) is 5.56 Å². The van der Waals surface area contributed by atoms with Crippen molar-refractivity contribution < 1.29 is 4.79 Å². The van der Waals surface area contributed by atoms with Gasteiger partial charge in [0.15, 0.2) is 0 Å². The molecule has 1 heterocycles. The molecule has 1 aromatic heterocycles. The van der Waals surface area contributed by atoms with E-state index in [1.54, 1.807) is 0 Å². The second kappa shape index (κ2) is 8.39. The van der Waals surface area contributed by atoms with Crippen LogP contribution in [0.3, 0.4) is 0 Å². The smallest absolute Gasteiger partial charge is 0.253 e. The zero-order valence-electron chi connectivity index (χ0n) is 14.6. The first-order valence-electron chi connectivity index (χ1n) is 8.47. The van der Waals surface area contributed by atoms with Crippen molar-refractivity contribution in [1.29, 1.82) is 0 Å². The van der Waals surface area contributed by atoms with Crippen molar-refractivity contribution >= 4 is 34.2 Å². The van der Waals surface area contributed by atoms with Crippen LogP contribution in [0.25, 0.3) is 5.69 Å². The molecule has 0 aliphatic heterocycles. The molecule has 1 aliphatic carbocycles. The van der Waals surface area contributed by atoms with E-state index in [4.69, 9.17) is 5.73 Å². The van der Waals surface area contributed by atoms with Crippen LogP contribution in [0.1, 0.15) is 47.4 Å². The molecule has 25 heavy (non-hydrogen) atoms. The maximum atomic E-state index is 12.7. The first-order valence-corrected chi connectivity index (χ1v) is 9.26. The first-order chi connectivity index (χ1) is 11.5. The van der Waals surface area contributed by atoms with Crippen molar-refractivity contribution in [2.24, 2.45) is 5.73 Å². The number of hydrogen-bond donors (Lipinski definition) is 2. The van der Waals surface area contributed by atoms with E-state index in [0.717, 1.165) is 52.8 Å². The molecule has 1 aromatic carbocycles. The summed E-state index contributed by atoms with van der Waals surface area (Å²) in [7, 11) is 0. The summed E-state index contributed by atoms with van der Waals surface area (Å²) in [5.41, 5.74) is 9.80. The highest BCUT2D eigenvalue weighted by molar-refractivity contribution is 9.10. The molecule has 0 spiro atoms. The van der Waals surface area contributed by atoms with Crippen LogP contribution in [0.2, 0.25) is 0 Å². The molecule has 1 fully saturated rings. The third kappa shape index (κ3) is 4.46. The SMILES string of the molecule is Cc1cc(C(=O)NC2CCC(N)CC2)c(C)n1-c1ccc(Br)cc1.Cl. The fourth-order valence-electron chi connectivity index (χ4n) is 3.51. The van der Waals surface area contributed by atoms with Crippen molar-refractivity contribution in [3.8, 4) is 5.69 Å². The van der Waals surface area contributed by atoms with Gasteiger partial charge in [-0.25, -0.2) is 0 Å². The standard InChI is InChI=1S/C19H24BrN3O.ClH/c1-12-11-18(19(24)22-16-7-5-15(21)6-8-16)13(2)23(12)17-9-3-14(20)4-10-17;/h3-4,9-11,15-16H,5-8,21H2,1-2H3,(H,22,24);1H. The number of rotatable bonds is 3. The lowest BCUT2D eigenvalue weighted by molar-refractivity contribution is 0.0925. The summed E-state index contributed by atoms with van der Waals surface area (Å²) in [6.07, 6.45) is 3.92. The van der Waals surface area contributed by atoms with Gasteiger partial charge >= 0.3 is 0 Å². The molecule has 6 heteroatoms. The van der Waals surface area contributed by atoms with E-state index in [-0.39, 0.29) is 24.4 Å². The molecule has 136 valence electrons. The molecular formula is C19H25BrClN3O. The van der Waals surface area contributed by atoms with E-state index in [1.165, 1.54) is 0 Å². The van der Waals surface area contributed by atoms with Gasteiger partial charge in [0.2, 0.25) is 0 Å². The van der Waals surface area contributed by atoms with E-state index in [9.17, 15) is 4.79 Å². The van der Waals surface area contributed by atoms with Crippen LogP contribution < -0.4 is 11.1 Å². The van der Waals surface area contributed by atoms with Gasteiger partial charge in [0.25, 0.3) is 5.91 Å². The fourth-order valence-corrected chi connectivity index (χ4v) is 3.77. The minimum Gasteiger partial charge on any atom is -0.349 e. The maximum Gasteiger partial charge on any atom is 0.253 e. The molecular weight excluding hydrogens is 402 g/mol. The Bertz CT molecular complexity index is 734. The number of nitrogens with two attached hydrogens (primary N) is 1. The summed E-state index contributed by atoms with van der Waals surface area (Å²) in [6.45, 7) is 4.03. The quantitative estimate of drug-likeness (QED) is 0.769. The van der Waals surface area contributed by atoms with Gasteiger partial charge in [-0.1, -0.05) is 15.9 Å². The van der Waals surface area contributed by atoms with Crippen LogP contribution in [0.5, 0.6) is 0 Å². The Balaban J connectivity index is 0.00000225. The summed E-state index contributed by atoms with van der Waals surface area (Å²) in [5.74, 6) is 0.0203. The number of carbonyl (C=O) groups is 1. The Hall–Kier alpha value is -1.30. The normalized spacial score (nSPS) is 20.0. The number of hydrogen-bond acceptors (Lipinski definition) is 2. The van der Waals surface area contributed by atoms with E-state index in [2.05, 4.69) is 25.8 Å². The number of nitrogens with zero attached hydrogens (tertiary/aromatic N) is 1. The zero-order valence-corrected chi connectivity index (χ0v) is 17.0. The Morgan fingerprint density at radius 1 is 1.16 bits per heavy atom. The number of benzene rings is 1. The van der Waals surface area contributed by atoms with Crippen molar-refractivity contribution in [2.45, 2.75) is 51.6 Å². The third-order valence-corrected chi connectivity index (χ3v) is 5.40. The van der Waals surface area contributed by atoms with Crippen molar-refractivity contribution in [3.63, 3.8) is 0 Å². The second-order valence-electron chi connectivity index (χ2n) is 6.68. The van der Waals surface area contributed by atoms with Gasteiger partial charge < -0.3 is 15.6 Å². The van der Waals surface area contributed by atoms with Crippen LogP contribution >= 0.6 is 28.3 Å².